The number of nitrogens with zero attached hydrogens (tertiary/aromatic N) is 2. The third-order valence-electron chi connectivity index (χ3n) is 3.99. The maximum Gasteiger partial charge on any atom is 0.345 e. The molecule has 0 amide bonds. The third kappa shape index (κ3) is 6.50. The van der Waals surface area contributed by atoms with E-state index in [1.165, 1.54) is 0 Å². The molecular weight excluding hydrogens is 430 g/mol. The van der Waals surface area contributed by atoms with Crippen LogP contribution in [0.25, 0.3) is 0 Å². The van der Waals surface area contributed by atoms with Crippen LogP contribution >= 0.6 is 0 Å². The lowest BCUT2D eigenvalue weighted by molar-refractivity contribution is -0.385. The molecule has 0 aliphatic carbocycles. The normalized spacial score (nSPS) is 11.2. The van der Waals surface area contributed by atoms with E-state index in [0.717, 1.165) is 48.5 Å². The standard InChI is InChI=1S/C19H15N3O10/c20-15(19(26)32-18(25)12-3-7-14(8-4-12)22(29)30)9-10-16(23)31-17(24)11-1-5-13(6-2-11)21(27)28/h1-8,15H,9-10,20H2/t15-/m0/s1. The van der Waals surface area contributed by atoms with E-state index in [9.17, 15) is 39.4 Å². The Morgan fingerprint density at radius 3 is 1.59 bits per heavy atom. The molecule has 0 radical (unpaired) electrons. The fourth-order valence-corrected chi connectivity index (χ4v) is 2.27. The highest BCUT2D eigenvalue weighted by Crippen LogP contribution is 2.14. The van der Waals surface area contributed by atoms with Crippen LogP contribution in [0.2, 0.25) is 0 Å². The highest BCUT2D eigenvalue weighted by Gasteiger charge is 2.23. The Balaban J connectivity index is 1.82. The number of carbonyl (C=O) groups excluding carboxylic acids is 4. The molecule has 2 rings (SSSR count). The molecule has 32 heavy (non-hydrogen) atoms. The summed E-state index contributed by atoms with van der Waals surface area (Å²) >= 11 is 0. The Kier molecular flexibility index (Phi) is 7.79. The van der Waals surface area contributed by atoms with Crippen LogP contribution in [0, 0.1) is 20.2 Å². The van der Waals surface area contributed by atoms with E-state index >= 15 is 0 Å². The number of nitro benzene ring substituents is 2. The average molecular weight is 445 g/mol. The van der Waals surface area contributed by atoms with Gasteiger partial charge in [0.05, 0.1) is 21.0 Å². The quantitative estimate of drug-likeness (QED) is 0.268. The summed E-state index contributed by atoms with van der Waals surface area (Å²) in [4.78, 5) is 67.3. The summed E-state index contributed by atoms with van der Waals surface area (Å²) in [6, 6.07) is 7.27. The van der Waals surface area contributed by atoms with Crippen molar-refractivity contribution in [2.24, 2.45) is 5.73 Å². The lowest BCUT2D eigenvalue weighted by atomic mass is 10.1. The van der Waals surface area contributed by atoms with Crippen molar-refractivity contribution >= 4 is 35.3 Å². The molecule has 0 heterocycles. The number of hydrogen-bond donors (Lipinski definition) is 1. The van der Waals surface area contributed by atoms with Gasteiger partial charge in [0.1, 0.15) is 6.04 Å². The molecule has 2 aromatic carbocycles. The molecule has 0 unspecified atom stereocenters. The minimum atomic E-state index is -1.39. The van der Waals surface area contributed by atoms with Crippen molar-refractivity contribution in [2.75, 3.05) is 0 Å². The first-order valence-electron chi connectivity index (χ1n) is 8.84. The van der Waals surface area contributed by atoms with Crippen LogP contribution < -0.4 is 5.73 Å². The Morgan fingerprint density at radius 1 is 0.781 bits per heavy atom. The van der Waals surface area contributed by atoms with Gasteiger partial charge in [-0.1, -0.05) is 0 Å². The molecule has 2 N–H and O–H groups in total. The van der Waals surface area contributed by atoms with Gasteiger partial charge in [-0.2, -0.15) is 0 Å². The molecule has 13 nitrogen and oxygen atoms in total. The fraction of sp³-hybridized carbons (Fsp3) is 0.158. The first kappa shape index (κ1) is 23.8. The van der Waals surface area contributed by atoms with Crippen LogP contribution in [-0.2, 0) is 19.1 Å². The number of non-ortho nitro benzene ring substituents is 2. The lowest BCUT2D eigenvalue weighted by Gasteiger charge is -2.10. The smallest absolute Gasteiger partial charge is 0.345 e. The van der Waals surface area contributed by atoms with Crippen molar-refractivity contribution in [2.45, 2.75) is 18.9 Å². The number of nitro groups is 2. The molecule has 0 saturated heterocycles. The zero-order valence-electron chi connectivity index (χ0n) is 16.2. The second-order valence-electron chi connectivity index (χ2n) is 6.22. The topological polar surface area (TPSA) is 199 Å². The first-order valence-corrected chi connectivity index (χ1v) is 8.84. The summed E-state index contributed by atoms with van der Waals surface area (Å²) in [7, 11) is 0. The summed E-state index contributed by atoms with van der Waals surface area (Å²) in [6.45, 7) is 0. The van der Waals surface area contributed by atoms with Crippen LogP contribution in [0.5, 0.6) is 0 Å². The second kappa shape index (κ2) is 10.5. The lowest BCUT2D eigenvalue weighted by Crippen LogP contribution is -2.34. The number of hydrogen-bond acceptors (Lipinski definition) is 11. The van der Waals surface area contributed by atoms with Crippen molar-refractivity contribution in [3.05, 3.63) is 79.9 Å². The Bertz CT molecular complexity index is 1060. The fourth-order valence-electron chi connectivity index (χ4n) is 2.27. The van der Waals surface area contributed by atoms with Crippen molar-refractivity contribution in [3.63, 3.8) is 0 Å². The van der Waals surface area contributed by atoms with Crippen molar-refractivity contribution in [1.29, 1.82) is 0 Å². The maximum atomic E-state index is 11.9. The summed E-state index contributed by atoms with van der Waals surface area (Å²) in [5, 5.41) is 21.2. The molecular formula is C19H15N3O10. The van der Waals surface area contributed by atoms with Gasteiger partial charge >= 0.3 is 23.9 Å². The number of esters is 4. The summed E-state index contributed by atoms with van der Waals surface area (Å²) in [5.74, 6) is -4.30. The van der Waals surface area contributed by atoms with Crippen molar-refractivity contribution in [1.82, 2.24) is 0 Å². The Labute approximate surface area is 179 Å². The van der Waals surface area contributed by atoms with Gasteiger partial charge in [0.2, 0.25) is 0 Å². The monoisotopic (exact) mass is 445 g/mol. The minimum Gasteiger partial charge on any atom is -0.389 e. The third-order valence-corrected chi connectivity index (χ3v) is 3.99. The Morgan fingerprint density at radius 2 is 1.19 bits per heavy atom. The predicted molar refractivity (Wildman–Crippen MR) is 104 cm³/mol. The van der Waals surface area contributed by atoms with Crippen LogP contribution in [-0.4, -0.2) is 39.8 Å². The van der Waals surface area contributed by atoms with E-state index < -0.39 is 46.2 Å². The van der Waals surface area contributed by atoms with Gasteiger partial charge in [0, 0.05) is 30.7 Å². The van der Waals surface area contributed by atoms with Crippen molar-refractivity contribution in [3.8, 4) is 0 Å². The van der Waals surface area contributed by atoms with Crippen LogP contribution in [0.3, 0.4) is 0 Å². The highest BCUT2D eigenvalue weighted by molar-refractivity contribution is 5.99. The van der Waals surface area contributed by atoms with E-state index in [1.54, 1.807) is 0 Å². The molecule has 0 aliphatic heterocycles. The molecule has 2 aromatic rings. The zero-order chi connectivity index (χ0) is 23.8. The van der Waals surface area contributed by atoms with Gasteiger partial charge < -0.3 is 15.2 Å². The number of carbonyl (C=O) groups is 4. The molecule has 0 saturated carbocycles. The van der Waals surface area contributed by atoms with Crippen LogP contribution in [0.4, 0.5) is 11.4 Å². The molecule has 0 fully saturated rings. The van der Waals surface area contributed by atoms with E-state index in [0.29, 0.717) is 0 Å². The molecule has 13 heteroatoms. The summed E-state index contributed by atoms with van der Waals surface area (Å²) in [6.07, 6.45) is -0.764. The molecule has 0 bridgehead atoms. The number of benzene rings is 2. The van der Waals surface area contributed by atoms with Gasteiger partial charge in [-0.15, -0.1) is 0 Å². The van der Waals surface area contributed by atoms with E-state index in [4.69, 9.17) is 5.73 Å². The molecule has 166 valence electrons. The van der Waals surface area contributed by atoms with Gasteiger partial charge in [-0.05, 0) is 30.7 Å². The predicted octanol–water partition coefficient (Wildman–Crippen LogP) is 1.68. The highest BCUT2D eigenvalue weighted by atomic mass is 16.6. The molecule has 1 atom stereocenters. The van der Waals surface area contributed by atoms with Gasteiger partial charge in [-0.25, -0.2) is 14.4 Å². The van der Waals surface area contributed by atoms with Crippen molar-refractivity contribution < 1.29 is 38.5 Å². The largest absolute Gasteiger partial charge is 0.389 e. The van der Waals surface area contributed by atoms with Gasteiger partial charge in [0.15, 0.2) is 0 Å². The maximum absolute atomic E-state index is 11.9. The Hall–Kier alpha value is -4.52. The SMILES string of the molecule is N[C@@H](CCC(=O)OC(=O)c1ccc([N+](=O)[O-])cc1)C(=O)OC(=O)c1ccc([N+](=O)[O-])cc1. The van der Waals surface area contributed by atoms with E-state index in [1.807, 2.05) is 0 Å². The first-order chi connectivity index (χ1) is 15.1. The zero-order valence-corrected chi connectivity index (χ0v) is 16.2. The minimum absolute atomic E-state index is 0.0960. The molecule has 0 spiro atoms. The second-order valence-corrected chi connectivity index (χ2v) is 6.22. The summed E-state index contributed by atoms with van der Waals surface area (Å²) < 4.78 is 9.14. The van der Waals surface area contributed by atoms with E-state index in [2.05, 4.69) is 9.47 Å². The average Bonchev–Trinajstić information content (AvgIpc) is 2.77. The van der Waals surface area contributed by atoms with Gasteiger partial charge in [0.25, 0.3) is 11.4 Å². The number of ether oxygens (including phenoxy) is 2. The number of rotatable bonds is 8. The summed E-state index contributed by atoms with van der Waals surface area (Å²) in [5.41, 5.74) is 4.85. The molecule has 0 aliphatic rings. The van der Waals surface area contributed by atoms with E-state index in [-0.39, 0.29) is 28.9 Å². The molecule has 0 aromatic heterocycles. The van der Waals surface area contributed by atoms with Gasteiger partial charge in [-0.3, -0.25) is 25.0 Å². The number of nitrogens with two attached hydrogens (primary N) is 1. The van der Waals surface area contributed by atoms with Crippen LogP contribution in [0.1, 0.15) is 33.6 Å². The van der Waals surface area contributed by atoms with Crippen LogP contribution in [0.15, 0.2) is 48.5 Å².